The normalized spacial score (nSPS) is 25.4. The fourth-order valence-electron chi connectivity index (χ4n) is 5.66. The number of imidazole rings is 1. The molecule has 0 spiro atoms. The maximum absolute atomic E-state index is 13.7. The van der Waals surface area contributed by atoms with E-state index in [1.54, 1.807) is 18.3 Å². The molecule has 0 amide bonds. The van der Waals surface area contributed by atoms with Gasteiger partial charge in [0.2, 0.25) is 0 Å². The second-order valence-corrected chi connectivity index (χ2v) is 9.23. The lowest BCUT2D eigenvalue weighted by molar-refractivity contribution is -0.137. The standard InChI is InChI=1S/C25H21F4N3O/c1-12(24-31-20-4-2-13(25(27,28)29)8-21(20)32-24)23-16-10-15(11-17(16)23)33-22-6-7-30-19-5-3-14(26)9-18(19)22/h2-9,12,15-17,23H,10-11H2,1H3,(H,31,32)/t12?,15?,16-,17+,23?. The first kappa shape index (κ1) is 20.4. The summed E-state index contributed by atoms with van der Waals surface area (Å²) in [7, 11) is 0. The van der Waals surface area contributed by atoms with E-state index >= 15 is 0 Å². The van der Waals surface area contributed by atoms with Crippen molar-refractivity contribution in [2.24, 2.45) is 17.8 Å². The fraction of sp³-hybridized carbons (Fsp3) is 0.360. The van der Waals surface area contributed by atoms with Crippen LogP contribution in [0.3, 0.4) is 0 Å². The lowest BCUT2D eigenvalue weighted by atomic mass is 9.97. The summed E-state index contributed by atoms with van der Waals surface area (Å²) >= 11 is 0. The van der Waals surface area contributed by atoms with Gasteiger partial charge in [-0.1, -0.05) is 6.92 Å². The SMILES string of the molecule is CC(c1nc2ccc(C(F)(F)F)cc2[nH]1)C1[C@H]2CC(Oc3ccnc4ccc(F)cc34)C[C@@H]12. The van der Waals surface area contributed by atoms with Crippen molar-refractivity contribution in [3.05, 3.63) is 65.9 Å². The summed E-state index contributed by atoms with van der Waals surface area (Å²) in [6.45, 7) is 2.08. The highest BCUT2D eigenvalue weighted by Crippen LogP contribution is 2.63. The molecule has 1 N–H and O–H groups in total. The van der Waals surface area contributed by atoms with Crippen LogP contribution in [0.15, 0.2) is 48.7 Å². The smallest absolute Gasteiger partial charge is 0.416 e. The zero-order chi connectivity index (χ0) is 22.9. The maximum Gasteiger partial charge on any atom is 0.416 e. The van der Waals surface area contributed by atoms with Gasteiger partial charge in [0.05, 0.1) is 28.2 Å². The van der Waals surface area contributed by atoms with Gasteiger partial charge in [0.1, 0.15) is 17.4 Å². The summed E-state index contributed by atoms with van der Waals surface area (Å²) in [5, 5.41) is 0.670. The van der Waals surface area contributed by atoms with Crippen molar-refractivity contribution in [1.29, 1.82) is 0 Å². The van der Waals surface area contributed by atoms with Crippen molar-refractivity contribution in [3.8, 4) is 5.75 Å². The molecule has 170 valence electrons. The number of halogens is 4. The molecular weight excluding hydrogens is 434 g/mol. The van der Waals surface area contributed by atoms with Gasteiger partial charge in [0.15, 0.2) is 0 Å². The Labute approximate surface area is 187 Å². The second kappa shape index (κ2) is 7.17. The number of nitrogens with one attached hydrogen (secondary N) is 1. The molecule has 3 unspecified atom stereocenters. The van der Waals surface area contributed by atoms with E-state index in [9.17, 15) is 17.6 Å². The molecule has 2 fully saturated rings. The third-order valence-corrected chi connectivity index (χ3v) is 7.26. The van der Waals surface area contributed by atoms with E-state index in [0.29, 0.717) is 45.4 Å². The van der Waals surface area contributed by atoms with E-state index in [1.807, 2.05) is 0 Å². The highest BCUT2D eigenvalue weighted by Gasteiger charge is 2.59. The number of pyridine rings is 1. The van der Waals surface area contributed by atoms with E-state index < -0.39 is 11.7 Å². The number of ether oxygens (including phenoxy) is 1. The predicted octanol–water partition coefficient (Wildman–Crippen LogP) is 6.48. The van der Waals surface area contributed by atoms with E-state index in [4.69, 9.17) is 4.74 Å². The molecule has 5 atom stereocenters. The molecule has 2 saturated carbocycles. The van der Waals surface area contributed by atoms with Crippen LogP contribution >= 0.6 is 0 Å². The zero-order valence-electron chi connectivity index (χ0n) is 17.7. The summed E-state index contributed by atoms with van der Waals surface area (Å²) in [5.41, 5.74) is 0.982. The van der Waals surface area contributed by atoms with E-state index in [-0.39, 0.29) is 17.8 Å². The van der Waals surface area contributed by atoms with Crippen LogP contribution < -0.4 is 4.74 Å². The van der Waals surface area contributed by atoms with Gasteiger partial charge in [0.25, 0.3) is 0 Å². The molecule has 33 heavy (non-hydrogen) atoms. The Kier molecular flexibility index (Phi) is 4.44. The molecule has 0 bridgehead atoms. The Balaban J connectivity index is 1.15. The van der Waals surface area contributed by atoms with Crippen LogP contribution in [-0.4, -0.2) is 21.1 Å². The number of H-pyrrole nitrogens is 1. The molecule has 2 aromatic heterocycles. The highest BCUT2D eigenvalue weighted by atomic mass is 19.4. The topological polar surface area (TPSA) is 50.8 Å². The largest absolute Gasteiger partial charge is 0.490 e. The number of aromatic nitrogens is 3. The number of hydrogen-bond donors (Lipinski definition) is 1. The molecule has 0 aliphatic heterocycles. The fourth-order valence-corrected chi connectivity index (χ4v) is 5.66. The van der Waals surface area contributed by atoms with E-state index in [0.717, 1.165) is 30.8 Å². The van der Waals surface area contributed by atoms with Gasteiger partial charge < -0.3 is 9.72 Å². The molecule has 8 heteroatoms. The van der Waals surface area contributed by atoms with Crippen LogP contribution in [0, 0.1) is 23.6 Å². The average Bonchev–Trinajstić information content (AvgIpc) is 3.11. The Hall–Kier alpha value is -3.16. The Morgan fingerprint density at radius 2 is 1.79 bits per heavy atom. The predicted molar refractivity (Wildman–Crippen MR) is 115 cm³/mol. The third-order valence-electron chi connectivity index (χ3n) is 7.26. The lowest BCUT2D eigenvalue weighted by Crippen LogP contribution is -2.17. The number of nitrogens with zero attached hydrogens (tertiary/aromatic N) is 2. The minimum Gasteiger partial charge on any atom is -0.490 e. The van der Waals surface area contributed by atoms with Gasteiger partial charge in [-0.2, -0.15) is 13.2 Å². The van der Waals surface area contributed by atoms with Crippen LogP contribution in [0.2, 0.25) is 0 Å². The van der Waals surface area contributed by atoms with E-state index in [1.165, 1.54) is 18.2 Å². The molecule has 2 aliphatic carbocycles. The molecule has 4 aromatic rings. The molecule has 6 rings (SSSR count). The first-order chi connectivity index (χ1) is 15.8. The number of aromatic amines is 1. The Morgan fingerprint density at radius 3 is 2.55 bits per heavy atom. The molecule has 2 aromatic carbocycles. The minimum absolute atomic E-state index is 0.0577. The van der Waals surface area contributed by atoms with Gasteiger partial charge >= 0.3 is 6.18 Å². The van der Waals surface area contributed by atoms with Crippen LogP contribution in [-0.2, 0) is 6.18 Å². The van der Waals surface area contributed by atoms with Crippen molar-refractivity contribution in [2.75, 3.05) is 0 Å². The van der Waals surface area contributed by atoms with Crippen LogP contribution in [0.4, 0.5) is 17.6 Å². The summed E-state index contributed by atoms with van der Waals surface area (Å²) in [5.74, 6) is 2.60. The summed E-state index contributed by atoms with van der Waals surface area (Å²) < 4.78 is 59.0. The van der Waals surface area contributed by atoms with Gasteiger partial charge in [-0.05, 0) is 73.1 Å². The molecule has 0 saturated heterocycles. The van der Waals surface area contributed by atoms with Crippen LogP contribution in [0.1, 0.15) is 37.1 Å². The second-order valence-electron chi connectivity index (χ2n) is 9.23. The molecule has 2 aliphatic rings. The van der Waals surface area contributed by atoms with Crippen molar-refractivity contribution in [1.82, 2.24) is 15.0 Å². The number of rotatable bonds is 4. The Morgan fingerprint density at radius 1 is 1.03 bits per heavy atom. The number of fused-ring (bicyclic) bond motifs is 3. The lowest BCUT2D eigenvalue weighted by Gasteiger charge is -2.19. The minimum atomic E-state index is -4.38. The highest BCUT2D eigenvalue weighted by molar-refractivity contribution is 5.84. The monoisotopic (exact) mass is 455 g/mol. The van der Waals surface area contributed by atoms with Crippen molar-refractivity contribution in [2.45, 2.75) is 38.0 Å². The quantitative estimate of drug-likeness (QED) is 0.359. The maximum atomic E-state index is 13.7. The van der Waals surface area contributed by atoms with Gasteiger partial charge in [0, 0.05) is 17.5 Å². The first-order valence-electron chi connectivity index (χ1n) is 11.1. The Bertz CT molecular complexity index is 1350. The number of hydrogen-bond acceptors (Lipinski definition) is 3. The summed E-state index contributed by atoms with van der Waals surface area (Å²) in [4.78, 5) is 11.9. The van der Waals surface area contributed by atoms with Crippen molar-refractivity contribution in [3.63, 3.8) is 0 Å². The van der Waals surface area contributed by atoms with Crippen molar-refractivity contribution < 1.29 is 22.3 Å². The first-order valence-corrected chi connectivity index (χ1v) is 11.1. The van der Waals surface area contributed by atoms with Crippen molar-refractivity contribution >= 4 is 21.9 Å². The van der Waals surface area contributed by atoms with Crippen LogP contribution in [0.25, 0.3) is 21.9 Å². The molecule has 0 radical (unpaired) electrons. The third kappa shape index (κ3) is 3.52. The molecular formula is C25H21F4N3O. The van der Waals surface area contributed by atoms with Gasteiger partial charge in [-0.3, -0.25) is 4.98 Å². The van der Waals surface area contributed by atoms with Gasteiger partial charge in [-0.25, -0.2) is 9.37 Å². The number of alkyl halides is 3. The number of benzene rings is 2. The average molecular weight is 455 g/mol. The van der Waals surface area contributed by atoms with Crippen LogP contribution in [0.5, 0.6) is 5.75 Å². The van der Waals surface area contributed by atoms with Gasteiger partial charge in [-0.15, -0.1) is 0 Å². The van der Waals surface area contributed by atoms with E-state index in [2.05, 4.69) is 21.9 Å². The summed E-state index contributed by atoms with van der Waals surface area (Å²) in [6, 6.07) is 9.87. The summed E-state index contributed by atoms with van der Waals surface area (Å²) in [6.07, 6.45) is -0.849. The molecule has 4 nitrogen and oxygen atoms in total. The zero-order valence-corrected chi connectivity index (χ0v) is 17.7. The molecule has 2 heterocycles.